The predicted molar refractivity (Wildman–Crippen MR) is 142 cm³/mol. The molecule has 7 nitrogen and oxygen atoms in total. The highest BCUT2D eigenvalue weighted by molar-refractivity contribution is 5.89. The van der Waals surface area contributed by atoms with Crippen LogP contribution in [0.15, 0.2) is 73.4 Å². The molecule has 0 bridgehead atoms. The minimum atomic E-state index is 0.613. The van der Waals surface area contributed by atoms with Crippen molar-refractivity contribution < 1.29 is 4.74 Å². The molecule has 1 saturated heterocycles. The van der Waals surface area contributed by atoms with E-state index in [4.69, 9.17) is 10.00 Å². The van der Waals surface area contributed by atoms with Crippen molar-refractivity contribution in [3.63, 3.8) is 0 Å². The minimum absolute atomic E-state index is 0.613. The van der Waals surface area contributed by atoms with Gasteiger partial charge >= 0.3 is 0 Å². The maximum atomic E-state index is 9.13. The Morgan fingerprint density at radius 1 is 0.917 bits per heavy atom. The number of likely N-dealkylation sites (tertiary alicyclic amines) is 1. The Labute approximate surface area is 210 Å². The standard InChI is InChI=1S/C23H15N5O.C6H13N/c1-29-22-10-18(16-6-4-15(11-24)5-7-16)23(28-14-25-13-21(22)28)17-9-20-19(27-12-17)3-2-8-26-20;1-7-5-3-2-4-6-7/h2-10,12-14H,1H3;2-6H2,1H3. The lowest BCUT2D eigenvalue weighted by Gasteiger charge is -2.20. The van der Waals surface area contributed by atoms with Crippen LogP contribution < -0.4 is 4.74 Å². The second-order valence-corrected chi connectivity index (χ2v) is 8.94. The number of pyridine rings is 3. The third kappa shape index (κ3) is 4.77. The molecule has 4 aromatic heterocycles. The molecule has 6 rings (SSSR count). The van der Waals surface area contributed by atoms with Crippen molar-refractivity contribution in [2.45, 2.75) is 19.3 Å². The van der Waals surface area contributed by atoms with Crippen LogP contribution >= 0.6 is 0 Å². The minimum Gasteiger partial charge on any atom is -0.494 e. The quantitative estimate of drug-likeness (QED) is 0.338. The summed E-state index contributed by atoms with van der Waals surface area (Å²) >= 11 is 0. The van der Waals surface area contributed by atoms with Gasteiger partial charge in [0.05, 0.1) is 48.0 Å². The fraction of sp³-hybridized carbons (Fsp3) is 0.241. The zero-order chi connectivity index (χ0) is 24.9. The van der Waals surface area contributed by atoms with Crippen molar-refractivity contribution >= 4 is 16.6 Å². The summed E-state index contributed by atoms with van der Waals surface area (Å²) in [5.74, 6) is 0.720. The van der Waals surface area contributed by atoms with Crippen LogP contribution in [0.1, 0.15) is 24.8 Å². The monoisotopic (exact) mass is 476 g/mol. The first-order chi connectivity index (χ1) is 17.7. The van der Waals surface area contributed by atoms with E-state index in [2.05, 4.69) is 33.0 Å². The molecule has 0 amide bonds. The summed E-state index contributed by atoms with van der Waals surface area (Å²) in [6.07, 6.45) is 11.4. The van der Waals surface area contributed by atoms with Crippen LogP contribution in [0, 0.1) is 11.3 Å². The smallest absolute Gasteiger partial charge is 0.145 e. The maximum Gasteiger partial charge on any atom is 0.145 e. The number of fused-ring (bicyclic) bond motifs is 2. The zero-order valence-electron chi connectivity index (χ0n) is 20.6. The van der Waals surface area contributed by atoms with Gasteiger partial charge < -0.3 is 9.64 Å². The summed E-state index contributed by atoms with van der Waals surface area (Å²) in [7, 11) is 3.84. The van der Waals surface area contributed by atoms with Crippen molar-refractivity contribution in [1.82, 2.24) is 24.3 Å². The molecule has 1 aliphatic rings. The number of hydrogen-bond acceptors (Lipinski definition) is 6. The molecule has 0 aliphatic carbocycles. The van der Waals surface area contributed by atoms with Gasteiger partial charge in [-0.05, 0) is 74.9 Å². The first-order valence-electron chi connectivity index (χ1n) is 12.1. The number of nitriles is 1. The van der Waals surface area contributed by atoms with Gasteiger partial charge in [0, 0.05) is 23.5 Å². The van der Waals surface area contributed by atoms with Crippen LogP contribution in [0.2, 0.25) is 0 Å². The molecule has 36 heavy (non-hydrogen) atoms. The molecular formula is C29H28N6O. The van der Waals surface area contributed by atoms with E-state index in [0.717, 1.165) is 44.7 Å². The molecule has 180 valence electrons. The predicted octanol–water partition coefficient (Wildman–Crippen LogP) is 5.59. The number of ether oxygens (including phenoxy) is 1. The number of aromatic nitrogens is 4. The summed E-state index contributed by atoms with van der Waals surface area (Å²) in [4.78, 5) is 15.7. The fourth-order valence-corrected chi connectivity index (χ4v) is 4.60. The number of rotatable bonds is 3. The van der Waals surface area contributed by atoms with Crippen molar-refractivity contribution in [2.24, 2.45) is 0 Å². The number of hydrogen-bond donors (Lipinski definition) is 0. The zero-order valence-corrected chi connectivity index (χ0v) is 20.6. The molecule has 0 N–H and O–H groups in total. The first-order valence-corrected chi connectivity index (χ1v) is 12.1. The molecule has 0 radical (unpaired) electrons. The molecule has 7 heteroatoms. The number of methoxy groups -OCH3 is 1. The lowest BCUT2D eigenvalue weighted by Crippen LogP contribution is -2.24. The van der Waals surface area contributed by atoms with Crippen LogP contribution in [0.3, 0.4) is 0 Å². The molecule has 0 unspecified atom stereocenters. The van der Waals surface area contributed by atoms with Crippen molar-refractivity contribution in [3.05, 3.63) is 79.0 Å². The largest absolute Gasteiger partial charge is 0.494 e. The van der Waals surface area contributed by atoms with Crippen LogP contribution in [0.5, 0.6) is 5.75 Å². The van der Waals surface area contributed by atoms with E-state index in [1.165, 1.54) is 32.4 Å². The van der Waals surface area contributed by atoms with E-state index in [1.807, 2.05) is 59.1 Å². The third-order valence-corrected chi connectivity index (χ3v) is 6.51. The Morgan fingerprint density at radius 2 is 1.72 bits per heavy atom. The maximum absolute atomic E-state index is 9.13. The van der Waals surface area contributed by atoms with E-state index in [0.29, 0.717) is 5.56 Å². The van der Waals surface area contributed by atoms with E-state index >= 15 is 0 Å². The average Bonchev–Trinajstić information content (AvgIpc) is 3.43. The Bertz CT molecular complexity index is 1530. The van der Waals surface area contributed by atoms with Gasteiger partial charge in [-0.3, -0.25) is 14.4 Å². The SMILES string of the molecule is CN1CCCCC1.COc1cc(-c2ccc(C#N)cc2)c(-c2cnc3cccnc3c2)n2cncc12. The Balaban J connectivity index is 0.000000330. The van der Waals surface area contributed by atoms with Gasteiger partial charge in [0.25, 0.3) is 0 Å². The second kappa shape index (κ2) is 10.5. The van der Waals surface area contributed by atoms with Crippen LogP contribution in [-0.2, 0) is 0 Å². The topological polar surface area (TPSA) is 79.3 Å². The summed E-state index contributed by atoms with van der Waals surface area (Å²) < 4.78 is 7.61. The Hall–Kier alpha value is -4.28. The lowest BCUT2D eigenvalue weighted by atomic mass is 9.98. The van der Waals surface area contributed by atoms with Gasteiger partial charge in [-0.25, -0.2) is 4.98 Å². The number of benzene rings is 1. The fourth-order valence-electron chi connectivity index (χ4n) is 4.60. The summed E-state index contributed by atoms with van der Waals surface area (Å²) in [5, 5.41) is 9.13. The van der Waals surface area contributed by atoms with Crippen molar-refractivity contribution in [2.75, 3.05) is 27.2 Å². The average molecular weight is 477 g/mol. The van der Waals surface area contributed by atoms with Crippen molar-refractivity contribution in [3.8, 4) is 34.2 Å². The van der Waals surface area contributed by atoms with Crippen molar-refractivity contribution in [1.29, 1.82) is 5.26 Å². The molecule has 1 aliphatic heterocycles. The van der Waals surface area contributed by atoms with Crippen LogP contribution in [0.25, 0.3) is 38.9 Å². The van der Waals surface area contributed by atoms with Gasteiger partial charge in [0.2, 0.25) is 0 Å². The number of piperidine rings is 1. The van der Waals surface area contributed by atoms with Gasteiger partial charge in [-0.15, -0.1) is 0 Å². The first kappa shape index (κ1) is 23.5. The van der Waals surface area contributed by atoms with Gasteiger partial charge in [0.15, 0.2) is 0 Å². The van der Waals surface area contributed by atoms with Gasteiger partial charge in [-0.1, -0.05) is 18.6 Å². The molecule has 1 fully saturated rings. The van der Waals surface area contributed by atoms with Gasteiger partial charge in [-0.2, -0.15) is 5.26 Å². The molecule has 5 heterocycles. The van der Waals surface area contributed by atoms with E-state index < -0.39 is 0 Å². The number of imidazole rings is 1. The molecule has 5 aromatic rings. The number of nitrogens with zero attached hydrogens (tertiary/aromatic N) is 6. The van der Waals surface area contributed by atoms with E-state index in [1.54, 1.807) is 25.8 Å². The molecule has 0 spiro atoms. The molecule has 0 atom stereocenters. The highest BCUT2D eigenvalue weighted by Gasteiger charge is 2.17. The molecular weight excluding hydrogens is 448 g/mol. The van der Waals surface area contributed by atoms with Crippen LogP contribution in [-0.4, -0.2) is 51.5 Å². The summed E-state index contributed by atoms with van der Waals surface area (Å²) in [5.41, 5.74) is 6.90. The Kier molecular flexibility index (Phi) is 6.87. The third-order valence-electron chi connectivity index (χ3n) is 6.51. The molecule has 1 aromatic carbocycles. The second-order valence-electron chi connectivity index (χ2n) is 8.94. The normalized spacial score (nSPS) is 13.7. The van der Waals surface area contributed by atoms with E-state index in [-0.39, 0.29) is 0 Å². The highest BCUT2D eigenvalue weighted by atomic mass is 16.5. The van der Waals surface area contributed by atoms with Gasteiger partial charge in [0.1, 0.15) is 11.3 Å². The summed E-state index contributed by atoms with van der Waals surface area (Å²) in [6.45, 7) is 2.64. The van der Waals surface area contributed by atoms with Crippen LogP contribution in [0.4, 0.5) is 0 Å². The molecule has 0 saturated carbocycles. The lowest BCUT2D eigenvalue weighted by molar-refractivity contribution is 0.277. The highest BCUT2D eigenvalue weighted by Crippen LogP contribution is 2.38. The van der Waals surface area contributed by atoms with E-state index in [9.17, 15) is 0 Å². The summed E-state index contributed by atoms with van der Waals surface area (Å²) in [6, 6.07) is 17.5. The Morgan fingerprint density at radius 3 is 2.42 bits per heavy atom.